The second kappa shape index (κ2) is 6.74. The Morgan fingerprint density at radius 3 is 2.59 bits per heavy atom. The lowest BCUT2D eigenvalue weighted by Gasteiger charge is -2.16. The quantitative estimate of drug-likeness (QED) is 0.742. The number of rotatable bonds is 6. The zero-order chi connectivity index (χ0) is 11.9. The largest absolute Gasteiger partial charge is 0.385 e. The Morgan fingerprint density at radius 2 is 1.88 bits per heavy atom. The number of likely N-dealkylation sites (tertiary alicyclic amines) is 1. The number of aliphatic hydroxyl groups excluding tert-OH is 1. The molecule has 0 saturated carbocycles. The van der Waals surface area contributed by atoms with Gasteiger partial charge in [-0.3, -0.25) is 0 Å². The summed E-state index contributed by atoms with van der Waals surface area (Å²) in [7, 11) is 0. The minimum absolute atomic E-state index is 0.327. The molecule has 1 fully saturated rings. The van der Waals surface area contributed by atoms with Crippen molar-refractivity contribution in [2.45, 2.75) is 25.6 Å². The number of benzene rings is 1. The highest BCUT2D eigenvalue weighted by Crippen LogP contribution is 2.00. The molecule has 1 aliphatic rings. The molecule has 3 heteroatoms. The molecule has 17 heavy (non-hydrogen) atoms. The lowest BCUT2D eigenvalue weighted by molar-refractivity contribution is -0.890. The van der Waals surface area contributed by atoms with Gasteiger partial charge in [-0.1, -0.05) is 30.3 Å². The van der Waals surface area contributed by atoms with E-state index >= 15 is 0 Å². The van der Waals surface area contributed by atoms with Gasteiger partial charge in [-0.15, -0.1) is 0 Å². The van der Waals surface area contributed by atoms with Crippen LogP contribution in [0.15, 0.2) is 30.3 Å². The van der Waals surface area contributed by atoms with E-state index in [9.17, 15) is 5.11 Å². The van der Waals surface area contributed by atoms with Gasteiger partial charge in [-0.25, -0.2) is 0 Å². The molecule has 0 amide bonds. The molecular weight excluding hydrogens is 214 g/mol. The van der Waals surface area contributed by atoms with Crippen molar-refractivity contribution in [1.82, 2.24) is 0 Å². The van der Waals surface area contributed by atoms with E-state index in [0.29, 0.717) is 13.2 Å². The summed E-state index contributed by atoms with van der Waals surface area (Å²) < 4.78 is 5.53. The summed E-state index contributed by atoms with van der Waals surface area (Å²) >= 11 is 0. The molecule has 0 spiro atoms. The van der Waals surface area contributed by atoms with Crippen LogP contribution < -0.4 is 4.90 Å². The highest BCUT2D eigenvalue weighted by atomic mass is 16.5. The monoisotopic (exact) mass is 236 g/mol. The molecule has 2 N–H and O–H groups in total. The summed E-state index contributed by atoms with van der Waals surface area (Å²) in [5.74, 6) is 0. The van der Waals surface area contributed by atoms with Crippen molar-refractivity contribution in [1.29, 1.82) is 0 Å². The van der Waals surface area contributed by atoms with Crippen LogP contribution in [0.2, 0.25) is 0 Å². The van der Waals surface area contributed by atoms with Gasteiger partial charge in [-0.05, 0) is 5.56 Å². The van der Waals surface area contributed by atoms with Gasteiger partial charge < -0.3 is 14.7 Å². The molecule has 1 atom stereocenters. The number of ether oxygens (including phenoxy) is 1. The Bertz CT molecular complexity index is 309. The molecule has 1 heterocycles. The van der Waals surface area contributed by atoms with E-state index < -0.39 is 0 Å². The fourth-order valence-corrected chi connectivity index (χ4v) is 2.36. The van der Waals surface area contributed by atoms with Crippen LogP contribution in [0.25, 0.3) is 0 Å². The highest BCUT2D eigenvalue weighted by Gasteiger charge is 2.19. The van der Waals surface area contributed by atoms with Crippen LogP contribution in [-0.4, -0.2) is 37.5 Å². The Labute approximate surface area is 103 Å². The van der Waals surface area contributed by atoms with Crippen molar-refractivity contribution in [3.63, 3.8) is 0 Å². The van der Waals surface area contributed by atoms with Crippen LogP contribution in [0.1, 0.15) is 18.4 Å². The summed E-state index contributed by atoms with van der Waals surface area (Å²) in [6.45, 7) is 4.27. The summed E-state index contributed by atoms with van der Waals surface area (Å²) in [6, 6.07) is 10.1. The van der Waals surface area contributed by atoms with Crippen molar-refractivity contribution in [3.8, 4) is 0 Å². The Balaban J connectivity index is 1.61. The van der Waals surface area contributed by atoms with Gasteiger partial charge in [0.1, 0.15) is 12.6 Å². The highest BCUT2D eigenvalue weighted by molar-refractivity contribution is 5.13. The third kappa shape index (κ3) is 4.46. The van der Waals surface area contributed by atoms with Crippen LogP contribution >= 0.6 is 0 Å². The summed E-state index contributed by atoms with van der Waals surface area (Å²) in [4.78, 5) is 1.51. The first-order chi connectivity index (χ1) is 8.34. The van der Waals surface area contributed by atoms with Crippen LogP contribution in [0, 0.1) is 0 Å². The van der Waals surface area contributed by atoms with Crippen molar-refractivity contribution < 1.29 is 14.7 Å². The van der Waals surface area contributed by atoms with E-state index in [1.807, 2.05) is 30.3 Å². The van der Waals surface area contributed by atoms with Crippen LogP contribution in [-0.2, 0) is 11.3 Å². The van der Waals surface area contributed by atoms with Gasteiger partial charge in [0.15, 0.2) is 0 Å². The fraction of sp³-hybridized carbons (Fsp3) is 0.571. The molecule has 3 nitrogen and oxygen atoms in total. The van der Waals surface area contributed by atoms with Crippen molar-refractivity contribution in [2.24, 2.45) is 0 Å². The molecule has 0 aromatic heterocycles. The second-order valence-corrected chi connectivity index (χ2v) is 4.82. The summed E-state index contributed by atoms with van der Waals surface area (Å²) in [5, 5.41) is 9.84. The van der Waals surface area contributed by atoms with Crippen LogP contribution in [0.3, 0.4) is 0 Å². The number of nitrogens with one attached hydrogen (secondary N) is 1. The zero-order valence-corrected chi connectivity index (χ0v) is 10.3. The van der Waals surface area contributed by atoms with E-state index in [-0.39, 0.29) is 6.10 Å². The van der Waals surface area contributed by atoms with Gasteiger partial charge in [0.25, 0.3) is 0 Å². The average molecular weight is 236 g/mol. The maximum absolute atomic E-state index is 9.84. The summed E-state index contributed by atoms with van der Waals surface area (Å²) in [5.41, 5.74) is 1.16. The predicted molar refractivity (Wildman–Crippen MR) is 66.9 cm³/mol. The number of quaternary nitrogens is 1. The molecule has 1 aromatic rings. The van der Waals surface area contributed by atoms with Crippen molar-refractivity contribution in [3.05, 3.63) is 35.9 Å². The SMILES string of the molecule is O[C@H](COCc1ccccc1)C[NH+]1CCCC1. The topological polar surface area (TPSA) is 33.9 Å². The molecule has 1 aliphatic heterocycles. The van der Waals surface area contributed by atoms with E-state index in [1.54, 1.807) is 0 Å². The molecule has 2 rings (SSSR count). The first-order valence-corrected chi connectivity index (χ1v) is 6.48. The van der Waals surface area contributed by atoms with E-state index in [4.69, 9.17) is 4.74 Å². The molecule has 0 radical (unpaired) electrons. The smallest absolute Gasteiger partial charge is 0.126 e. The standard InChI is InChI=1S/C14H21NO2/c16-14(10-15-8-4-5-9-15)12-17-11-13-6-2-1-3-7-13/h1-3,6-7,14,16H,4-5,8-12H2/p+1/t14-/m0/s1. The number of hydrogen-bond acceptors (Lipinski definition) is 2. The Kier molecular flexibility index (Phi) is 4.98. The van der Waals surface area contributed by atoms with Gasteiger partial charge in [0, 0.05) is 12.8 Å². The van der Waals surface area contributed by atoms with Crippen molar-refractivity contribution in [2.75, 3.05) is 26.2 Å². The number of hydrogen-bond donors (Lipinski definition) is 2. The molecule has 1 saturated heterocycles. The minimum atomic E-state index is -0.327. The fourth-order valence-electron chi connectivity index (χ4n) is 2.36. The first-order valence-electron chi connectivity index (χ1n) is 6.48. The minimum Gasteiger partial charge on any atom is -0.385 e. The van der Waals surface area contributed by atoms with E-state index in [0.717, 1.165) is 12.1 Å². The average Bonchev–Trinajstić information content (AvgIpc) is 2.83. The normalized spacial score (nSPS) is 18.4. The van der Waals surface area contributed by atoms with E-state index in [2.05, 4.69) is 0 Å². The summed E-state index contributed by atoms with van der Waals surface area (Å²) in [6.07, 6.45) is 2.27. The maximum Gasteiger partial charge on any atom is 0.126 e. The third-order valence-corrected chi connectivity index (χ3v) is 3.26. The lowest BCUT2D eigenvalue weighted by Crippen LogP contribution is -3.11. The number of aliphatic hydroxyl groups is 1. The lowest BCUT2D eigenvalue weighted by atomic mass is 10.2. The van der Waals surface area contributed by atoms with Gasteiger partial charge in [0.05, 0.1) is 26.3 Å². The molecule has 0 unspecified atom stereocenters. The molecule has 0 bridgehead atoms. The van der Waals surface area contributed by atoms with Gasteiger partial charge in [0.2, 0.25) is 0 Å². The molecular formula is C14H22NO2+. The molecule has 0 aliphatic carbocycles. The zero-order valence-electron chi connectivity index (χ0n) is 10.3. The van der Waals surface area contributed by atoms with Crippen LogP contribution in [0.4, 0.5) is 0 Å². The third-order valence-electron chi connectivity index (χ3n) is 3.26. The van der Waals surface area contributed by atoms with Crippen LogP contribution in [0.5, 0.6) is 0 Å². The Hall–Kier alpha value is -0.900. The van der Waals surface area contributed by atoms with Gasteiger partial charge in [-0.2, -0.15) is 0 Å². The second-order valence-electron chi connectivity index (χ2n) is 4.82. The predicted octanol–water partition coefficient (Wildman–Crippen LogP) is 0.243. The van der Waals surface area contributed by atoms with E-state index in [1.165, 1.54) is 30.8 Å². The Morgan fingerprint density at radius 1 is 1.18 bits per heavy atom. The maximum atomic E-state index is 9.84. The molecule has 1 aromatic carbocycles. The molecule has 94 valence electrons. The van der Waals surface area contributed by atoms with Crippen molar-refractivity contribution >= 4 is 0 Å². The van der Waals surface area contributed by atoms with Gasteiger partial charge >= 0.3 is 0 Å². The first kappa shape index (κ1) is 12.6.